The molecule has 2 N–H and O–H groups in total. The smallest absolute Gasteiger partial charge is 0.243 e. The summed E-state index contributed by atoms with van der Waals surface area (Å²) in [6.07, 6.45) is 1.10. The Balaban J connectivity index is 1.98. The number of rotatable bonds is 5. The third-order valence-corrected chi connectivity index (χ3v) is 4.29. The van der Waals surface area contributed by atoms with Gasteiger partial charge in [0.25, 0.3) is 0 Å². The van der Waals surface area contributed by atoms with Gasteiger partial charge in [-0.25, -0.2) is 0 Å². The first-order valence-corrected chi connectivity index (χ1v) is 7.75. The Bertz CT molecular complexity index is 533. The molecule has 21 heavy (non-hydrogen) atoms. The molecule has 1 saturated heterocycles. The molecule has 1 aromatic rings. The SMILES string of the molecule is CN(C)CCC1NC(=O)C(Cc2ccccc2Br)NC1=O. The van der Waals surface area contributed by atoms with Gasteiger partial charge in [0.1, 0.15) is 12.1 Å². The zero-order valence-corrected chi connectivity index (χ0v) is 13.8. The summed E-state index contributed by atoms with van der Waals surface area (Å²) in [4.78, 5) is 26.2. The molecule has 1 aromatic carbocycles. The lowest BCUT2D eigenvalue weighted by Gasteiger charge is -2.30. The van der Waals surface area contributed by atoms with Crippen molar-refractivity contribution >= 4 is 27.7 Å². The molecule has 0 spiro atoms. The van der Waals surface area contributed by atoms with Gasteiger partial charge in [-0.05, 0) is 38.7 Å². The van der Waals surface area contributed by atoms with E-state index in [0.29, 0.717) is 12.8 Å². The van der Waals surface area contributed by atoms with Gasteiger partial charge in [0, 0.05) is 10.9 Å². The molecule has 0 aliphatic carbocycles. The van der Waals surface area contributed by atoms with Crippen molar-refractivity contribution in [2.24, 2.45) is 0 Å². The molecule has 0 aromatic heterocycles. The highest BCUT2D eigenvalue weighted by Gasteiger charge is 2.33. The predicted octanol–water partition coefficient (Wildman–Crippen LogP) is 0.926. The number of benzene rings is 1. The molecule has 2 rings (SSSR count). The maximum atomic E-state index is 12.2. The van der Waals surface area contributed by atoms with Crippen LogP contribution in [0.2, 0.25) is 0 Å². The van der Waals surface area contributed by atoms with Gasteiger partial charge in [-0.3, -0.25) is 9.59 Å². The maximum Gasteiger partial charge on any atom is 0.243 e. The van der Waals surface area contributed by atoms with Crippen LogP contribution in [0.25, 0.3) is 0 Å². The first kappa shape index (κ1) is 16.0. The van der Waals surface area contributed by atoms with Gasteiger partial charge in [-0.15, -0.1) is 0 Å². The van der Waals surface area contributed by atoms with E-state index in [4.69, 9.17) is 0 Å². The summed E-state index contributed by atoms with van der Waals surface area (Å²) in [5.41, 5.74) is 1.00. The van der Waals surface area contributed by atoms with Gasteiger partial charge in [-0.2, -0.15) is 0 Å². The van der Waals surface area contributed by atoms with Crippen molar-refractivity contribution in [3.63, 3.8) is 0 Å². The molecule has 6 heteroatoms. The third-order valence-electron chi connectivity index (χ3n) is 3.51. The van der Waals surface area contributed by atoms with E-state index in [1.54, 1.807) is 0 Å². The highest BCUT2D eigenvalue weighted by Crippen LogP contribution is 2.18. The molecule has 2 atom stereocenters. The first-order chi connectivity index (χ1) is 9.97. The fraction of sp³-hybridized carbons (Fsp3) is 0.467. The van der Waals surface area contributed by atoms with E-state index < -0.39 is 12.1 Å². The summed E-state index contributed by atoms with van der Waals surface area (Å²) in [7, 11) is 3.89. The van der Waals surface area contributed by atoms with Crippen LogP contribution >= 0.6 is 15.9 Å². The van der Waals surface area contributed by atoms with Crippen molar-refractivity contribution in [3.8, 4) is 0 Å². The fourth-order valence-electron chi connectivity index (χ4n) is 2.29. The molecule has 5 nitrogen and oxygen atoms in total. The Hall–Kier alpha value is -1.40. The number of nitrogens with zero attached hydrogens (tertiary/aromatic N) is 1. The third kappa shape index (κ3) is 4.28. The normalized spacial score (nSPS) is 22.1. The summed E-state index contributed by atoms with van der Waals surface area (Å²) in [6, 6.07) is 6.77. The second-order valence-corrected chi connectivity index (χ2v) is 6.36. The van der Waals surface area contributed by atoms with E-state index in [1.807, 2.05) is 43.3 Å². The molecule has 1 heterocycles. The Morgan fingerprint density at radius 2 is 1.71 bits per heavy atom. The highest BCUT2D eigenvalue weighted by atomic mass is 79.9. The lowest BCUT2D eigenvalue weighted by atomic mass is 10.0. The van der Waals surface area contributed by atoms with Crippen LogP contribution in [0.15, 0.2) is 28.7 Å². The molecule has 0 bridgehead atoms. The van der Waals surface area contributed by atoms with Gasteiger partial charge in [0.2, 0.25) is 11.8 Å². The summed E-state index contributed by atoms with van der Waals surface area (Å²) in [6.45, 7) is 0.757. The largest absolute Gasteiger partial charge is 0.342 e. The average Bonchev–Trinajstić information content (AvgIpc) is 2.43. The van der Waals surface area contributed by atoms with E-state index in [2.05, 4.69) is 26.6 Å². The van der Waals surface area contributed by atoms with Gasteiger partial charge in [0.15, 0.2) is 0 Å². The molecular formula is C15H20BrN3O2. The number of hydrogen-bond donors (Lipinski definition) is 2. The van der Waals surface area contributed by atoms with Gasteiger partial charge in [-0.1, -0.05) is 34.1 Å². The number of hydrogen-bond acceptors (Lipinski definition) is 3. The van der Waals surface area contributed by atoms with Crippen LogP contribution < -0.4 is 10.6 Å². The minimum Gasteiger partial charge on any atom is -0.342 e. The number of halogens is 1. The van der Waals surface area contributed by atoms with Crippen LogP contribution in [-0.2, 0) is 16.0 Å². The number of carbonyl (C=O) groups excluding carboxylic acids is 2. The van der Waals surface area contributed by atoms with Crippen LogP contribution in [-0.4, -0.2) is 49.4 Å². The number of piperazine rings is 1. The topological polar surface area (TPSA) is 61.4 Å². The second-order valence-electron chi connectivity index (χ2n) is 5.51. The Kier molecular flexibility index (Phi) is 5.36. The molecule has 114 valence electrons. The standard InChI is InChI=1S/C15H20BrN3O2/c1-19(2)8-7-12-14(20)18-13(15(21)17-12)9-10-5-3-4-6-11(10)16/h3-6,12-13H,7-9H2,1-2H3,(H,17,21)(H,18,20). The minimum atomic E-state index is -0.508. The van der Waals surface area contributed by atoms with Crippen molar-refractivity contribution < 1.29 is 9.59 Å². The Morgan fingerprint density at radius 1 is 1.10 bits per heavy atom. The Morgan fingerprint density at radius 3 is 2.38 bits per heavy atom. The quantitative estimate of drug-likeness (QED) is 0.827. The van der Waals surface area contributed by atoms with Crippen molar-refractivity contribution in [2.75, 3.05) is 20.6 Å². The van der Waals surface area contributed by atoms with Gasteiger partial charge < -0.3 is 15.5 Å². The van der Waals surface area contributed by atoms with E-state index in [0.717, 1.165) is 16.6 Å². The molecule has 0 saturated carbocycles. The zero-order valence-electron chi connectivity index (χ0n) is 12.2. The van der Waals surface area contributed by atoms with Crippen molar-refractivity contribution in [1.29, 1.82) is 0 Å². The zero-order chi connectivity index (χ0) is 15.4. The van der Waals surface area contributed by atoms with Crippen LogP contribution in [0.4, 0.5) is 0 Å². The van der Waals surface area contributed by atoms with Crippen LogP contribution in [0.3, 0.4) is 0 Å². The van der Waals surface area contributed by atoms with Crippen LogP contribution in [0, 0.1) is 0 Å². The van der Waals surface area contributed by atoms with Gasteiger partial charge >= 0.3 is 0 Å². The monoisotopic (exact) mass is 353 g/mol. The molecular weight excluding hydrogens is 334 g/mol. The predicted molar refractivity (Wildman–Crippen MR) is 84.9 cm³/mol. The lowest BCUT2D eigenvalue weighted by molar-refractivity contribution is -0.136. The number of nitrogens with one attached hydrogen (secondary N) is 2. The molecule has 2 unspecified atom stereocenters. The van der Waals surface area contributed by atoms with Crippen LogP contribution in [0.5, 0.6) is 0 Å². The molecule has 2 amide bonds. The van der Waals surface area contributed by atoms with Crippen molar-refractivity contribution in [2.45, 2.75) is 24.9 Å². The van der Waals surface area contributed by atoms with E-state index >= 15 is 0 Å². The Labute approximate surface area is 133 Å². The molecule has 1 aliphatic heterocycles. The fourth-order valence-corrected chi connectivity index (χ4v) is 2.74. The van der Waals surface area contributed by atoms with Gasteiger partial charge in [0.05, 0.1) is 0 Å². The lowest BCUT2D eigenvalue weighted by Crippen LogP contribution is -2.62. The average molecular weight is 354 g/mol. The van der Waals surface area contributed by atoms with E-state index in [-0.39, 0.29) is 11.8 Å². The summed E-state index contributed by atoms with van der Waals surface area (Å²) in [5, 5.41) is 5.64. The molecule has 0 radical (unpaired) electrons. The van der Waals surface area contributed by atoms with Crippen molar-refractivity contribution in [1.82, 2.24) is 15.5 Å². The number of carbonyl (C=O) groups is 2. The van der Waals surface area contributed by atoms with Crippen molar-refractivity contribution in [3.05, 3.63) is 34.3 Å². The highest BCUT2D eigenvalue weighted by molar-refractivity contribution is 9.10. The molecule has 1 fully saturated rings. The number of amides is 2. The first-order valence-electron chi connectivity index (χ1n) is 6.96. The second kappa shape index (κ2) is 7.04. The summed E-state index contributed by atoms with van der Waals surface area (Å²) in [5.74, 6) is -0.220. The maximum absolute atomic E-state index is 12.2. The summed E-state index contributed by atoms with van der Waals surface area (Å²) >= 11 is 3.46. The molecule has 1 aliphatic rings. The summed E-state index contributed by atoms with van der Waals surface area (Å²) < 4.78 is 0.946. The minimum absolute atomic E-state index is 0.103. The van der Waals surface area contributed by atoms with Crippen LogP contribution in [0.1, 0.15) is 12.0 Å². The van der Waals surface area contributed by atoms with E-state index in [9.17, 15) is 9.59 Å². The van der Waals surface area contributed by atoms with E-state index in [1.165, 1.54) is 0 Å².